The summed E-state index contributed by atoms with van der Waals surface area (Å²) in [7, 11) is 0. The zero-order chi connectivity index (χ0) is 17.2. The maximum Gasteiger partial charge on any atom is 0.137 e. The molecule has 0 saturated carbocycles. The fourth-order valence-corrected chi connectivity index (χ4v) is 3.51. The van der Waals surface area contributed by atoms with Crippen molar-refractivity contribution in [3.05, 3.63) is 58.9 Å². The first-order valence-electron chi connectivity index (χ1n) is 8.52. The molecule has 6 heteroatoms. The van der Waals surface area contributed by atoms with E-state index in [0.29, 0.717) is 6.04 Å². The number of hydrogen-bond acceptors (Lipinski definition) is 5. The van der Waals surface area contributed by atoms with Crippen molar-refractivity contribution >= 4 is 29.1 Å². The Bertz CT molecular complexity index is 828. The molecule has 1 N–H and O–H groups in total. The molecule has 2 aliphatic heterocycles. The molecule has 1 atom stereocenters. The van der Waals surface area contributed by atoms with Gasteiger partial charge in [0.15, 0.2) is 0 Å². The second kappa shape index (κ2) is 6.84. The number of hydrogen-bond donors (Lipinski definition) is 1. The van der Waals surface area contributed by atoms with E-state index in [-0.39, 0.29) is 0 Å². The lowest BCUT2D eigenvalue weighted by molar-refractivity contribution is 0.711. The molecule has 128 valence electrons. The minimum absolute atomic E-state index is 0.325. The van der Waals surface area contributed by atoms with Gasteiger partial charge in [0.05, 0.1) is 12.6 Å². The highest BCUT2D eigenvalue weighted by Gasteiger charge is 2.27. The van der Waals surface area contributed by atoms with Gasteiger partial charge in [-0.2, -0.15) is 0 Å². The molecule has 5 nitrogen and oxygen atoms in total. The third kappa shape index (κ3) is 3.51. The van der Waals surface area contributed by atoms with Crippen LogP contribution in [0.5, 0.6) is 0 Å². The Balaban J connectivity index is 1.56. The van der Waals surface area contributed by atoms with Crippen molar-refractivity contribution in [3.63, 3.8) is 0 Å². The quantitative estimate of drug-likeness (QED) is 0.896. The first kappa shape index (κ1) is 16.1. The van der Waals surface area contributed by atoms with Crippen molar-refractivity contribution in [3.8, 4) is 0 Å². The number of halogens is 1. The number of nitrogens with one attached hydrogen (secondary N) is 1. The van der Waals surface area contributed by atoms with Crippen molar-refractivity contribution < 1.29 is 0 Å². The Morgan fingerprint density at radius 1 is 1.20 bits per heavy atom. The van der Waals surface area contributed by atoms with Gasteiger partial charge in [0, 0.05) is 17.6 Å². The van der Waals surface area contributed by atoms with E-state index >= 15 is 0 Å². The number of aromatic nitrogens is 2. The fraction of sp³-hybridized carbons (Fsp3) is 0.316. The number of aliphatic imine (C=N–C) groups is 1. The summed E-state index contributed by atoms with van der Waals surface area (Å²) in [6.45, 7) is 3.82. The van der Waals surface area contributed by atoms with E-state index in [0.717, 1.165) is 48.4 Å². The summed E-state index contributed by atoms with van der Waals surface area (Å²) in [5.41, 5.74) is 2.52. The molecule has 4 rings (SSSR count). The van der Waals surface area contributed by atoms with Gasteiger partial charge in [0.2, 0.25) is 0 Å². The minimum atomic E-state index is 0.325. The molecular formula is C19H20ClN5. The monoisotopic (exact) mass is 353 g/mol. The van der Waals surface area contributed by atoms with E-state index in [1.807, 2.05) is 24.3 Å². The van der Waals surface area contributed by atoms with Crippen LogP contribution in [0.2, 0.25) is 5.02 Å². The van der Waals surface area contributed by atoms with Crippen LogP contribution in [-0.2, 0) is 0 Å². The van der Waals surface area contributed by atoms with Crippen LogP contribution in [-0.4, -0.2) is 28.9 Å². The first-order valence-corrected chi connectivity index (χ1v) is 8.89. The number of anilines is 2. The van der Waals surface area contributed by atoms with Crippen molar-refractivity contribution in [2.75, 3.05) is 23.3 Å². The van der Waals surface area contributed by atoms with Crippen LogP contribution < -0.4 is 10.2 Å². The third-order valence-electron chi connectivity index (χ3n) is 4.59. The SMILES string of the molecule is CC1=CC(Nc2cc(N3CCCC3c3ccc(Cl)cc3)ncn2)=NC1. The highest BCUT2D eigenvalue weighted by molar-refractivity contribution is 6.30. The predicted octanol–water partition coefficient (Wildman–Crippen LogP) is 4.24. The van der Waals surface area contributed by atoms with Crippen LogP contribution >= 0.6 is 11.6 Å². The molecule has 1 unspecified atom stereocenters. The Hall–Kier alpha value is -2.40. The zero-order valence-corrected chi connectivity index (χ0v) is 14.9. The van der Waals surface area contributed by atoms with Crippen LogP contribution in [0.25, 0.3) is 0 Å². The Kier molecular flexibility index (Phi) is 4.40. The Morgan fingerprint density at radius 2 is 2.04 bits per heavy atom. The smallest absolute Gasteiger partial charge is 0.137 e. The minimum Gasteiger partial charge on any atom is -0.349 e. The van der Waals surface area contributed by atoms with Gasteiger partial charge in [-0.15, -0.1) is 0 Å². The first-order chi connectivity index (χ1) is 12.2. The normalized spacial score (nSPS) is 19.8. The van der Waals surface area contributed by atoms with Crippen molar-refractivity contribution in [2.45, 2.75) is 25.8 Å². The topological polar surface area (TPSA) is 53.4 Å². The van der Waals surface area contributed by atoms with Crippen LogP contribution in [0.4, 0.5) is 11.6 Å². The lowest BCUT2D eigenvalue weighted by Crippen LogP contribution is -2.24. The second-order valence-corrected chi connectivity index (χ2v) is 6.92. The summed E-state index contributed by atoms with van der Waals surface area (Å²) in [6, 6.07) is 10.4. The van der Waals surface area contributed by atoms with E-state index in [9.17, 15) is 0 Å². The van der Waals surface area contributed by atoms with Crippen LogP contribution in [0.3, 0.4) is 0 Å². The Labute approximate surface area is 152 Å². The molecule has 1 saturated heterocycles. The summed E-state index contributed by atoms with van der Waals surface area (Å²) in [5.74, 6) is 2.57. The molecule has 2 aromatic rings. The largest absolute Gasteiger partial charge is 0.349 e. The van der Waals surface area contributed by atoms with Gasteiger partial charge in [0.1, 0.15) is 23.8 Å². The average molecular weight is 354 g/mol. The maximum absolute atomic E-state index is 6.03. The van der Waals surface area contributed by atoms with E-state index < -0.39 is 0 Å². The van der Waals surface area contributed by atoms with Crippen LogP contribution in [0, 0.1) is 0 Å². The molecule has 0 radical (unpaired) electrons. The number of rotatable bonds is 3. The van der Waals surface area contributed by atoms with E-state index in [2.05, 4.69) is 44.2 Å². The average Bonchev–Trinajstić information content (AvgIpc) is 3.25. The van der Waals surface area contributed by atoms with Gasteiger partial charge in [-0.3, -0.25) is 4.99 Å². The maximum atomic E-state index is 6.03. The number of benzene rings is 1. The number of nitrogens with zero attached hydrogens (tertiary/aromatic N) is 4. The molecule has 25 heavy (non-hydrogen) atoms. The molecular weight excluding hydrogens is 334 g/mol. The van der Waals surface area contributed by atoms with Gasteiger partial charge < -0.3 is 10.2 Å². The summed E-state index contributed by atoms with van der Waals surface area (Å²) < 4.78 is 0. The fourth-order valence-electron chi connectivity index (χ4n) is 3.39. The van der Waals surface area contributed by atoms with E-state index in [1.165, 1.54) is 11.1 Å². The van der Waals surface area contributed by atoms with Gasteiger partial charge in [-0.05, 0) is 49.1 Å². The molecule has 1 aromatic heterocycles. The molecule has 0 bridgehead atoms. The summed E-state index contributed by atoms with van der Waals surface area (Å²) in [6.07, 6.45) is 5.92. The van der Waals surface area contributed by atoms with Crippen molar-refractivity contribution in [1.82, 2.24) is 9.97 Å². The molecule has 0 aliphatic carbocycles. The molecule has 3 heterocycles. The molecule has 1 fully saturated rings. The van der Waals surface area contributed by atoms with Crippen molar-refractivity contribution in [2.24, 2.45) is 4.99 Å². The van der Waals surface area contributed by atoms with Crippen LogP contribution in [0.15, 0.2) is 53.3 Å². The van der Waals surface area contributed by atoms with Gasteiger partial charge in [-0.25, -0.2) is 9.97 Å². The highest BCUT2D eigenvalue weighted by Crippen LogP contribution is 2.35. The Morgan fingerprint density at radius 3 is 2.80 bits per heavy atom. The van der Waals surface area contributed by atoms with E-state index in [4.69, 9.17) is 11.6 Å². The molecule has 0 amide bonds. The lowest BCUT2D eigenvalue weighted by atomic mass is 10.0. The summed E-state index contributed by atoms with van der Waals surface area (Å²) in [5, 5.41) is 4.04. The van der Waals surface area contributed by atoms with Crippen LogP contribution in [0.1, 0.15) is 31.4 Å². The van der Waals surface area contributed by atoms with Gasteiger partial charge in [0.25, 0.3) is 0 Å². The standard InChI is InChI=1S/C19H20ClN5/c1-13-9-17(21-11-13)24-18-10-19(23-12-22-18)25-8-2-3-16(25)14-4-6-15(20)7-5-14/h4-7,9-10,12,16H,2-3,8,11H2,1H3,(H,21,22,23,24). The van der Waals surface area contributed by atoms with Crippen molar-refractivity contribution in [1.29, 1.82) is 0 Å². The van der Waals surface area contributed by atoms with Gasteiger partial charge >= 0.3 is 0 Å². The zero-order valence-electron chi connectivity index (χ0n) is 14.1. The molecule has 1 aromatic carbocycles. The number of amidine groups is 1. The second-order valence-electron chi connectivity index (χ2n) is 6.48. The summed E-state index contributed by atoms with van der Waals surface area (Å²) in [4.78, 5) is 15.6. The highest BCUT2D eigenvalue weighted by atomic mass is 35.5. The molecule has 0 spiro atoms. The summed E-state index contributed by atoms with van der Waals surface area (Å²) >= 11 is 6.03. The lowest BCUT2D eigenvalue weighted by Gasteiger charge is -2.26. The third-order valence-corrected chi connectivity index (χ3v) is 4.84. The molecule has 2 aliphatic rings. The predicted molar refractivity (Wildman–Crippen MR) is 102 cm³/mol. The van der Waals surface area contributed by atoms with Gasteiger partial charge in [-0.1, -0.05) is 23.7 Å². The van der Waals surface area contributed by atoms with E-state index in [1.54, 1.807) is 6.33 Å².